The van der Waals surface area contributed by atoms with Crippen molar-refractivity contribution < 1.29 is 8.42 Å². The smallest absolute Gasteiger partial charge is 0.231 e. The van der Waals surface area contributed by atoms with Crippen molar-refractivity contribution >= 4 is 49.7 Å². The highest BCUT2D eigenvalue weighted by atomic mass is 32.2. The summed E-state index contributed by atoms with van der Waals surface area (Å²) >= 11 is 1.43. The molecule has 202 valence electrons. The predicted octanol–water partition coefficient (Wildman–Crippen LogP) is 5.24. The van der Waals surface area contributed by atoms with Crippen molar-refractivity contribution in [3.8, 4) is 0 Å². The summed E-state index contributed by atoms with van der Waals surface area (Å²) < 4.78 is 26.7. The van der Waals surface area contributed by atoms with Gasteiger partial charge in [-0.3, -0.25) is 4.72 Å². The fourth-order valence-electron chi connectivity index (χ4n) is 4.81. The van der Waals surface area contributed by atoms with Crippen LogP contribution in [0.1, 0.15) is 30.5 Å². The molecule has 1 aliphatic heterocycles. The Bertz CT molecular complexity index is 1360. The lowest BCUT2D eigenvalue weighted by Gasteiger charge is -2.39. The number of thioether (sulfide) groups is 1. The Morgan fingerprint density at radius 1 is 0.789 bits per heavy atom. The maximum absolute atomic E-state index is 12.4. The van der Waals surface area contributed by atoms with Gasteiger partial charge in [0.05, 0.1) is 11.9 Å². The molecule has 1 N–H and O–H groups in total. The summed E-state index contributed by atoms with van der Waals surface area (Å²) in [7, 11) is 4.54. The van der Waals surface area contributed by atoms with Crippen LogP contribution in [0.2, 0.25) is 0 Å². The van der Waals surface area contributed by atoms with Gasteiger partial charge >= 0.3 is 0 Å². The van der Waals surface area contributed by atoms with Crippen molar-refractivity contribution in [2.45, 2.75) is 18.6 Å². The van der Waals surface area contributed by atoms with E-state index in [1.165, 1.54) is 11.8 Å². The van der Waals surface area contributed by atoms with Crippen molar-refractivity contribution in [1.29, 1.82) is 0 Å². The fourth-order valence-corrected chi connectivity index (χ4v) is 7.02. The Hall–Kier alpha value is -3.17. The van der Waals surface area contributed by atoms with E-state index < -0.39 is 14.8 Å². The van der Waals surface area contributed by atoms with Crippen molar-refractivity contribution in [1.82, 2.24) is 4.72 Å². The number of benzene rings is 3. The first-order valence-corrected chi connectivity index (χ1v) is 15.4. The SMILES string of the molecule is CCN(CC)c1ccc2c(c1)N=C(NS(C)(=O)=O)SC2(c1ccc(N(C)C)cc1)c1ccc(N(C)C)cc1. The molecule has 0 amide bonds. The maximum Gasteiger partial charge on any atom is 0.231 e. The molecule has 0 bridgehead atoms. The second-order valence-electron chi connectivity index (χ2n) is 9.83. The Morgan fingerprint density at radius 2 is 1.26 bits per heavy atom. The van der Waals surface area contributed by atoms with Crippen LogP contribution in [-0.4, -0.2) is 61.1 Å². The van der Waals surface area contributed by atoms with Crippen LogP contribution in [0.25, 0.3) is 0 Å². The average Bonchev–Trinajstić information content (AvgIpc) is 2.88. The summed E-state index contributed by atoms with van der Waals surface area (Å²) in [6, 6.07) is 23.3. The first kappa shape index (κ1) is 27.9. The van der Waals surface area contributed by atoms with Crippen molar-refractivity contribution in [2.24, 2.45) is 4.99 Å². The zero-order valence-electron chi connectivity index (χ0n) is 23.2. The minimum Gasteiger partial charge on any atom is -0.378 e. The van der Waals surface area contributed by atoms with E-state index in [4.69, 9.17) is 4.99 Å². The molecule has 0 unspecified atom stereocenters. The third-order valence-corrected chi connectivity index (χ3v) is 8.89. The number of anilines is 3. The lowest BCUT2D eigenvalue weighted by Crippen LogP contribution is -2.36. The van der Waals surface area contributed by atoms with Crippen LogP contribution in [0.4, 0.5) is 22.7 Å². The summed E-state index contributed by atoms with van der Waals surface area (Å²) in [5.41, 5.74) is 7.11. The molecule has 4 rings (SSSR count). The largest absolute Gasteiger partial charge is 0.378 e. The Morgan fingerprint density at radius 3 is 1.68 bits per heavy atom. The standard InChI is InChI=1S/C29H37N5O2S2/c1-8-34(9-2)25-18-19-26-27(20-25)30-28(31-38(7,35)36)37-29(26,21-10-14-23(15-11-21)32(3)4)22-12-16-24(17-13-22)33(5)6/h10-20H,8-9H2,1-7H3,(H,30,31). The van der Waals surface area contributed by atoms with E-state index in [1.54, 1.807) is 0 Å². The molecule has 0 saturated heterocycles. The van der Waals surface area contributed by atoms with Gasteiger partial charge in [-0.1, -0.05) is 42.1 Å². The van der Waals surface area contributed by atoms with Crippen LogP contribution in [0.3, 0.4) is 0 Å². The molecular formula is C29H37N5O2S2. The van der Waals surface area contributed by atoms with Gasteiger partial charge in [-0.25, -0.2) is 13.4 Å². The maximum atomic E-state index is 12.4. The highest BCUT2D eigenvalue weighted by Gasteiger charge is 2.44. The summed E-state index contributed by atoms with van der Waals surface area (Å²) in [4.78, 5) is 11.2. The van der Waals surface area contributed by atoms with E-state index >= 15 is 0 Å². The molecule has 3 aromatic carbocycles. The summed E-state index contributed by atoms with van der Waals surface area (Å²) in [6.45, 7) is 5.99. The average molecular weight is 552 g/mol. The van der Waals surface area contributed by atoms with Gasteiger partial charge in [-0.05, 0) is 61.4 Å². The fraction of sp³-hybridized carbons (Fsp3) is 0.345. The number of nitrogens with one attached hydrogen (secondary N) is 1. The first-order chi connectivity index (χ1) is 18.0. The number of sulfonamides is 1. The van der Waals surface area contributed by atoms with Crippen LogP contribution in [-0.2, 0) is 14.8 Å². The molecule has 0 radical (unpaired) electrons. The molecule has 9 heteroatoms. The third-order valence-electron chi connectivity index (χ3n) is 6.81. The van der Waals surface area contributed by atoms with Gasteiger partial charge in [0.25, 0.3) is 0 Å². The molecule has 7 nitrogen and oxygen atoms in total. The van der Waals surface area contributed by atoms with Gasteiger partial charge in [0, 0.05) is 63.9 Å². The second kappa shape index (κ2) is 10.9. The number of rotatable bonds is 8. The number of hydrogen-bond acceptors (Lipinski definition) is 7. The van der Waals surface area contributed by atoms with E-state index in [0.717, 1.165) is 58.8 Å². The Kier molecular flexibility index (Phi) is 7.99. The number of nitrogens with zero attached hydrogens (tertiary/aromatic N) is 4. The molecule has 0 aliphatic carbocycles. The Labute approximate surface area is 231 Å². The molecule has 1 heterocycles. The van der Waals surface area contributed by atoms with Gasteiger partial charge in [0.2, 0.25) is 10.0 Å². The van der Waals surface area contributed by atoms with Crippen LogP contribution in [0.15, 0.2) is 71.7 Å². The summed E-state index contributed by atoms with van der Waals surface area (Å²) in [5, 5.41) is 0.352. The highest BCUT2D eigenvalue weighted by Crippen LogP contribution is 2.55. The number of amidine groups is 1. The zero-order valence-corrected chi connectivity index (χ0v) is 24.8. The predicted molar refractivity (Wildman–Crippen MR) is 164 cm³/mol. The molecule has 0 saturated carbocycles. The van der Waals surface area contributed by atoms with Crippen LogP contribution < -0.4 is 19.4 Å². The molecule has 0 fully saturated rings. The van der Waals surface area contributed by atoms with E-state index in [2.05, 4.69) is 100.0 Å². The third kappa shape index (κ3) is 5.49. The number of aliphatic imine (C=N–C) groups is 1. The quantitative estimate of drug-likeness (QED) is 0.413. The van der Waals surface area contributed by atoms with E-state index in [0.29, 0.717) is 5.17 Å². The van der Waals surface area contributed by atoms with Crippen molar-refractivity contribution in [2.75, 3.05) is 62.2 Å². The van der Waals surface area contributed by atoms with Gasteiger partial charge in [0.15, 0.2) is 5.17 Å². The monoisotopic (exact) mass is 551 g/mol. The topological polar surface area (TPSA) is 68.2 Å². The molecule has 3 aromatic rings. The van der Waals surface area contributed by atoms with Gasteiger partial charge < -0.3 is 14.7 Å². The van der Waals surface area contributed by atoms with E-state index in [-0.39, 0.29) is 0 Å². The normalized spacial score (nSPS) is 14.3. The molecule has 0 aromatic heterocycles. The number of fused-ring (bicyclic) bond motifs is 1. The van der Waals surface area contributed by atoms with Crippen LogP contribution >= 0.6 is 11.8 Å². The van der Waals surface area contributed by atoms with Crippen molar-refractivity contribution in [3.05, 3.63) is 83.4 Å². The summed E-state index contributed by atoms with van der Waals surface area (Å²) in [6.07, 6.45) is 1.16. The van der Waals surface area contributed by atoms with Gasteiger partial charge in [-0.2, -0.15) is 0 Å². The molecule has 38 heavy (non-hydrogen) atoms. The van der Waals surface area contributed by atoms with Crippen molar-refractivity contribution in [3.63, 3.8) is 0 Å². The highest BCUT2D eigenvalue weighted by molar-refractivity contribution is 8.16. The second-order valence-corrected chi connectivity index (χ2v) is 12.8. The lowest BCUT2D eigenvalue weighted by molar-refractivity contribution is 0.599. The minimum absolute atomic E-state index is 0.352. The molecular weight excluding hydrogens is 514 g/mol. The van der Waals surface area contributed by atoms with E-state index in [1.807, 2.05) is 28.2 Å². The van der Waals surface area contributed by atoms with Gasteiger partial charge in [0.1, 0.15) is 4.75 Å². The minimum atomic E-state index is -3.54. The first-order valence-electron chi connectivity index (χ1n) is 12.7. The number of hydrogen-bond donors (Lipinski definition) is 1. The summed E-state index contributed by atoms with van der Waals surface area (Å²) in [5.74, 6) is 0. The molecule has 0 spiro atoms. The lowest BCUT2D eigenvalue weighted by atomic mass is 9.82. The molecule has 1 aliphatic rings. The Balaban J connectivity index is 2.02. The zero-order chi connectivity index (χ0) is 27.7. The van der Waals surface area contributed by atoms with E-state index in [9.17, 15) is 8.42 Å². The van der Waals surface area contributed by atoms with Crippen LogP contribution in [0, 0.1) is 0 Å². The van der Waals surface area contributed by atoms with Gasteiger partial charge in [-0.15, -0.1) is 0 Å². The molecule has 0 atom stereocenters. The van der Waals surface area contributed by atoms with Crippen LogP contribution in [0.5, 0.6) is 0 Å².